The summed E-state index contributed by atoms with van der Waals surface area (Å²) in [4.78, 5) is 29.4. The lowest BCUT2D eigenvalue weighted by Gasteiger charge is -2.07. The van der Waals surface area contributed by atoms with Gasteiger partial charge in [-0.05, 0) is 56.2 Å². The Kier molecular flexibility index (Phi) is 5.77. The molecule has 1 aromatic heterocycles. The number of aryl methyl sites for hydroxylation is 2. The third-order valence-corrected chi connectivity index (χ3v) is 5.23. The van der Waals surface area contributed by atoms with E-state index in [9.17, 15) is 9.59 Å². The normalized spacial score (nSPS) is 11.8. The molecule has 0 aliphatic heterocycles. The summed E-state index contributed by atoms with van der Waals surface area (Å²) < 4.78 is 7.80. The lowest BCUT2D eigenvalue weighted by Crippen LogP contribution is -2.23. The Morgan fingerprint density at radius 1 is 1.22 bits per heavy atom. The van der Waals surface area contributed by atoms with E-state index in [0.29, 0.717) is 22.0 Å². The highest BCUT2D eigenvalue weighted by Gasteiger charge is 2.15. The number of hydrogen-bond donors (Lipinski definition) is 0. The molecule has 5 nitrogen and oxygen atoms in total. The Labute approximate surface area is 165 Å². The number of esters is 1. The van der Waals surface area contributed by atoms with E-state index in [-0.39, 0.29) is 12.5 Å². The van der Waals surface area contributed by atoms with Crippen molar-refractivity contribution in [2.75, 3.05) is 6.61 Å². The maximum atomic E-state index is 12.6. The van der Waals surface area contributed by atoms with E-state index < -0.39 is 5.91 Å². The number of hydrogen-bond acceptors (Lipinski definition) is 4. The van der Waals surface area contributed by atoms with Gasteiger partial charge in [0.15, 0.2) is 4.80 Å². The molecule has 0 unspecified atom stereocenters. The third-order valence-electron chi connectivity index (χ3n) is 3.97. The highest BCUT2D eigenvalue weighted by Crippen LogP contribution is 2.23. The molecule has 7 heteroatoms. The average Bonchev–Trinajstić information content (AvgIpc) is 2.92. The molecule has 0 spiro atoms. The van der Waals surface area contributed by atoms with Crippen molar-refractivity contribution < 1.29 is 14.3 Å². The number of carbonyl (C=O) groups excluding carboxylic acids is 2. The largest absolute Gasteiger partial charge is 0.465 e. The van der Waals surface area contributed by atoms with E-state index in [2.05, 4.69) is 4.99 Å². The maximum Gasteiger partial charge on any atom is 0.326 e. The first-order chi connectivity index (χ1) is 12.9. The van der Waals surface area contributed by atoms with Gasteiger partial charge in [0.05, 0.1) is 16.8 Å². The van der Waals surface area contributed by atoms with Gasteiger partial charge in [-0.1, -0.05) is 35.1 Å². The molecule has 2 aromatic carbocycles. The van der Waals surface area contributed by atoms with Crippen LogP contribution in [0.3, 0.4) is 0 Å². The van der Waals surface area contributed by atoms with Gasteiger partial charge in [-0.25, -0.2) is 0 Å². The van der Waals surface area contributed by atoms with E-state index in [4.69, 9.17) is 16.3 Å². The van der Waals surface area contributed by atoms with Crippen molar-refractivity contribution in [3.8, 4) is 0 Å². The van der Waals surface area contributed by atoms with Crippen molar-refractivity contribution in [2.45, 2.75) is 27.3 Å². The van der Waals surface area contributed by atoms with Crippen LogP contribution in [0, 0.1) is 13.8 Å². The van der Waals surface area contributed by atoms with E-state index >= 15 is 0 Å². The zero-order valence-corrected chi connectivity index (χ0v) is 16.9. The number of ether oxygens (including phenoxy) is 1. The summed E-state index contributed by atoms with van der Waals surface area (Å²) in [5.41, 5.74) is 3.41. The minimum absolute atomic E-state index is 0.000595. The monoisotopic (exact) mass is 402 g/mol. The fourth-order valence-electron chi connectivity index (χ4n) is 2.93. The van der Waals surface area contributed by atoms with Gasteiger partial charge in [-0.15, -0.1) is 0 Å². The minimum atomic E-state index is -0.406. The third kappa shape index (κ3) is 4.28. The Morgan fingerprint density at radius 2 is 2.00 bits per heavy atom. The first kappa shape index (κ1) is 19.3. The van der Waals surface area contributed by atoms with Crippen molar-refractivity contribution >= 4 is 45.0 Å². The van der Waals surface area contributed by atoms with Crippen molar-refractivity contribution in [1.29, 1.82) is 0 Å². The van der Waals surface area contributed by atoms with Crippen LogP contribution in [0.25, 0.3) is 10.2 Å². The number of rotatable bonds is 4. The summed E-state index contributed by atoms with van der Waals surface area (Å²) in [6, 6.07) is 10.7. The highest BCUT2D eigenvalue weighted by atomic mass is 35.5. The van der Waals surface area contributed by atoms with Gasteiger partial charge in [0.25, 0.3) is 5.91 Å². The van der Waals surface area contributed by atoms with Crippen molar-refractivity contribution in [2.24, 2.45) is 4.99 Å². The minimum Gasteiger partial charge on any atom is -0.465 e. The van der Waals surface area contributed by atoms with Crippen LogP contribution in [0.5, 0.6) is 0 Å². The second-order valence-electron chi connectivity index (χ2n) is 6.13. The van der Waals surface area contributed by atoms with E-state index in [0.717, 1.165) is 21.3 Å². The summed E-state index contributed by atoms with van der Waals surface area (Å²) in [6.45, 7) is 6.05. The van der Waals surface area contributed by atoms with Gasteiger partial charge >= 0.3 is 5.97 Å². The van der Waals surface area contributed by atoms with E-state index in [1.165, 1.54) is 11.3 Å². The van der Waals surface area contributed by atoms with Gasteiger partial charge in [0, 0.05) is 10.6 Å². The zero-order valence-electron chi connectivity index (χ0n) is 15.3. The average molecular weight is 403 g/mol. The molecular formula is C20H19ClN2O3S. The molecule has 0 bridgehead atoms. The molecule has 27 heavy (non-hydrogen) atoms. The van der Waals surface area contributed by atoms with Crippen molar-refractivity contribution in [1.82, 2.24) is 4.57 Å². The van der Waals surface area contributed by atoms with Gasteiger partial charge in [-0.2, -0.15) is 4.99 Å². The molecule has 0 N–H and O–H groups in total. The molecule has 0 saturated carbocycles. The Hall–Kier alpha value is -2.44. The summed E-state index contributed by atoms with van der Waals surface area (Å²) in [5, 5.41) is 0.471. The molecule has 0 saturated heterocycles. The Bertz CT molecular complexity index is 1100. The molecular weight excluding hydrogens is 384 g/mol. The Balaban J connectivity index is 2.17. The Morgan fingerprint density at radius 3 is 2.70 bits per heavy atom. The standard InChI is InChI=1S/C20H19ClN2O3S/c1-4-26-17(24)11-23-18-13(3)8-12(2)9-16(18)27-20(23)22-19(25)14-6-5-7-15(21)10-14/h5-10H,4,11H2,1-3H3. The zero-order chi connectivity index (χ0) is 19.6. The van der Waals surface area contributed by atoms with E-state index in [1.807, 2.05) is 26.0 Å². The molecule has 3 rings (SSSR count). The molecule has 0 fully saturated rings. The second kappa shape index (κ2) is 8.06. The van der Waals surface area contributed by atoms with Crippen LogP contribution in [-0.2, 0) is 16.1 Å². The van der Waals surface area contributed by atoms with Gasteiger partial charge in [-0.3, -0.25) is 9.59 Å². The topological polar surface area (TPSA) is 60.7 Å². The lowest BCUT2D eigenvalue weighted by molar-refractivity contribution is -0.143. The number of benzene rings is 2. The highest BCUT2D eigenvalue weighted by molar-refractivity contribution is 7.16. The van der Waals surface area contributed by atoms with Gasteiger partial charge in [0.2, 0.25) is 0 Å². The number of carbonyl (C=O) groups is 2. The smallest absolute Gasteiger partial charge is 0.326 e. The number of aromatic nitrogens is 1. The number of nitrogens with zero attached hydrogens (tertiary/aromatic N) is 2. The van der Waals surface area contributed by atoms with Crippen LogP contribution < -0.4 is 4.80 Å². The molecule has 1 heterocycles. The number of amides is 1. The summed E-state index contributed by atoms with van der Waals surface area (Å²) in [6.07, 6.45) is 0. The predicted molar refractivity (Wildman–Crippen MR) is 107 cm³/mol. The van der Waals surface area contributed by atoms with Crippen LogP contribution in [0.15, 0.2) is 41.4 Å². The van der Waals surface area contributed by atoms with Gasteiger partial charge in [0.1, 0.15) is 6.54 Å². The maximum absolute atomic E-state index is 12.6. The predicted octanol–water partition coefficient (Wildman–Crippen LogP) is 4.28. The molecule has 0 aliphatic rings. The summed E-state index contributed by atoms with van der Waals surface area (Å²) >= 11 is 7.35. The first-order valence-corrected chi connectivity index (χ1v) is 9.69. The lowest BCUT2D eigenvalue weighted by atomic mass is 10.1. The quantitative estimate of drug-likeness (QED) is 0.612. The molecule has 3 aromatic rings. The fourth-order valence-corrected chi connectivity index (χ4v) is 4.33. The summed E-state index contributed by atoms with van der Waals surface area (Å²) in [7, 11) is 0. The second-order valence-corrected chi connectivity index (χ2v) is 7.58. The number of thiazole rings is 1. The van der Waals surface area contributed by atoms with Crippen molar-refractivity contribution in [3.05, 3.63) is 62.9 Å². The van der Waals surface area contributed by atoms with Gasteiger partial charge < -0.3 is 9.30 Å². The number of halogens is 1. The molecule has 1 amide bonds. The number of fused-ring (bicyclic) bond motifs is 1. The summed E-state index contributed by atoms with van der Waals surface area (Å²) in [5.74, 6) is -0.773. The molecule has 0 aliphatic carbocycles. The van der Waals surface area contributed by atoms with Crippen LogP contribution in [-0.4, -0.2) is 23.1 Å². The van der Waals surface area contributed by atoms with Crippen LogP contribution in [0.4, 0.5) is 0 Å². The van der Waals surface area contributed by atoms with Crippen LogP contribution >= 0.6 is 22.9 Å². The van der Waals surface area contributed by atoms with Crippen LogP contribution in [0.1, 0.15) is 28.4 Å². The van der Waals surface area contributed by atoms with E-state index in [1.54, 1.807) is 35.8 Å². The van der Waals surface area contributed by atoms with Crippen LogP contribution in [0.2, 0.25) is 5.02 Å². The fraction of sp³-hybridized carbons (Fsp3) is 0.250. The molecule has 0 atom stereocenters. The van der Waals surface area contributed by atoms with Crippen molar-refractivity contribution in [3.63, 3.8) is 0 Å². The molecule has 0 radical (unpaired) electrons. The molecule has 140 valence electrons. The first-order valence-electron chi connectivity index (χ1n) is 8.50. The SMILES string of the molecule is CCOC(=O)Cn1c(=NC(=O)c2cccc(Cl)c2)sc2cc(C)cc(C)c21.